The summed E-state index contributed by atoms with van der Waals surface area (Å²) in [6.45, 7) is 3.16. The summed E-state index contributed by atoms with van der Waals surface area (Å²) >= 11 is 7.16. The van der Waals surface area contributed by atoms with E-state index in [-0.39, 0.29) is 0 Å². The smallest absolute Gasteiger partial charge is 0.318 e. The Labute approximate surface area is 109 Å². The zero-order valence-electron chi connectivity index (χ0n) is 9.86. The molecule has 1 amide bonds. The van der Waals surface area contributed by atoms with Gasteiger partial charge in [-0.3, -0.25) is 9.59 Å². The Balaban J connectivity index is 2.74. The van der Waals surface area contributed by atoms with Crippen molar-refractivity contribution in [3.05, 3.63) is 21.3 Å². The Kier molecular flexibility index (Phi) is 4.16. The van der Waals surface area contributed by atoms with Crippen molar-refractivity contribution >= 4 is 34.8 Å². The fraction of sp³-hybridized carbons (Fsp3) is 0.455. The van der Waals surface area contributed by atoms with Crippen LogP contribution in [-0.4, -0.2) is 28.9 Å². The van der Waals surface area contributed by atoms with Crippen LogP contribution >= 0.6 is 22.9 Å². The van der Waals surface area contributed by atoms with Crippen LogP contribution in [0, 0.1) is 5.41 Å². The number of hydrogen-bond acceptors (Lipinski definition) is 3. The average Bonchev–Trinajstić information content (AvgIpc) is 2.62. The van der Waals surface area contributed by atoms with Crippen molar-refractivity contribution in [3.63, 3.8) is 0 Å². The standard InChI is InChI=1S/C11H14ClNO3S/c1-11(2,10(15)16)9(14)13(3)6-7-4-5-8(12)17-7/h4-5H,6H2,1-3H3,(H,15,16). The third-order valence-corrected chi connectivity index (χ3v) is 3.65. The molecule has 0 atom stereocenters. The lowest BCUT2D eigenvalue weighted by Gasteiger charge is -2.25. The molecule has 1 heterocycles. The molecule has 1 N–H and O–H groups in total. The molecule has 6 heteroatoms. The van der Waals surface area contributed by atoms with Crippen LogP contribution in [0.25, 0.3) is 0 Å². The Hall–Kier alpha value is -1.07. The number of halogens is 1. The van der Waals surface area contributed by atoms with Gasteiger partial charge < -0.3 is 10.0 Å². The third kappa shape index (κ3) is 3.20. The fourth-order valence-corrected chi connectivity index (χ4v) is 2.45. The predicted molar refractivity (Wildman–Crippen MR) is 67.2 cm³/mol. The van der Waals surface area contributed by atoms with Crippen LogP contribution < -0.4 is 0 Å². The van der Waals surface area contributed by atoms with Crippen molar-refractivity contribution in [1.29, 1.82) is 0 Å². The molecule has 0 radical (unpaired) electrons. The van der Waals surface area contributed by atoms with Gasteiger partial charge in [-0.25, -0.2) is 0 Å². The largest absolute Gasteiger partial charge is 0.480 e. The molecule has 0 aliphatic rings. The van der Waals surface area contributed by atoms with Crippen molar-refractivity contribution in [2.75, 3.05) is 7.05 Å². The topological polar surface area (TPSA) is 57.6 Å². The van der Waals surface area contributed by atoms with Crippen LogP contribution in [0.5, 0.6) is 0 Å². The quantitative estimate of drug-likeness (QED) is 0.859. The van der Waals surface area contributed by atoms with Gasteiger partial charge in [0.05, 0.1) is 10.9 Å². The minimum Gasteiger partial charge on any atom is -0.480 e. The minimum absolute atomic E-state index is 0.368. The zero-order chi connectivity index (χ0) is 13.2. The number of amides is 1. The van der Waals surface area contributed by atoms with Crippen LogP contribution in [0.4, 0.5) is 0 Å². The molecule has 1 rings (SSSR count). The number of thiophene rings is 1. The van der Waals surface area contributed by atoms with Gasteiger partial charge in [-0.15, -0.1) is 11.3 Å². The summed E-state index contributed by atoms with van der Waals surface area (Å²) in [5, 5.41) is 8.96. The number of carbonyl (C=O) groups is 2. The van der Waals surface area contributed by atoms with Crippen molar-refractivity contribution in [2.24, 2.45) is 5.41 Å². The van der Waals surface area contributed by atoms with Gasteiger partial charge >= 0.3 is 5.97 Å². The molecule has 94 valence electrons. The Morgan fingerprint density at radius 3 is 2.47 bits per heavy atom. The molecule has 0 aliphatic carbocycles. The normalized spacial score (nSPS) is 11.3. The van der Waals surface area contributed by atoms with Crippen molar-refractivity contribution in [2.45, 2.75) is 20.4 Å². The summed E-state index contributed by atoms with van der Waals surface area (Å²) in [6, 6.07) is 3.58. The molecule has 1 aromatic heterocycles. The molecule has 0 aromatic carbocycles. The van der Waals surface area contributed by atoms with Crippen LogP contribution in [-0.2, 0) is 16.1 Å². The number of carboxylic acids is 1. The lowest BCUT2D eigenvalue weighted by molar-refractivity contribution is -0.157. The monoisotopic (exact) mass is 275 g/mol. The molecule has 0 spiro atoms. The first-order chi connectivity index (χ1) is 7.75. The molecule has 17 heavy (non-hydrogen) atoms. The van der Waals surface area contributed by atoms with Crippen molar-refractivity contribution < 1.29 is 14.7 Å². The summed E-state index contributed by atoms with van der Waals surface area (Å²) in [5.74, 6) is -1.55. The number of hydrogen-bond donors (Lipinski definition) is 1. The summed E-state index contributed by atoms with van der Waals surface area (Å²) in [4.78, 5) is 25.2. The first-order valence-electron chi connectivity index (χ1n) is 4.98. The molecular weight excluding hydrogens is 262 g/mol. The number of carboxylic acid groups (broad SMARTS) is 1. The van der Waals surface area contributed by atoms with Crippen LogP contribution in [0.1, 0.15) is 18.7 Å². The van der Waals surface area contributed by atoms with E-state index in [9.17, 15) is 9.59 Å². The lowest BCUT2D eigenvalue weighted by atomic mass is 9.92. The van der Waals surface area contributed by atoms with Gasteiger partial charge in [0.15, 0.2) is 0 Å². The SMILES string of the molecule is CN(Cc1ccc(Cl)s1)C(=O)C(C)(C)C(=O)O. The maximum Gasteiger partial charge on any atom is 0.318 e. The second-order valence-corrected chi connectivity index (χ2v) is 6.10. The van der Waals surface area contributed by atoms with E-state index in [0.717, 1.165) is 4.88 Å². The second-order valence-electron chi connectivity index (χ2n) is 4.30. The van der Waals surface area contributed by atoms with E-state index in [1.54, 1.807) is 13.1 Å². The van der Waals surface area contributed by atoms with Crippen molar-refractivity contribution in [1.82, 2.24) is 4.90 Å². The average molecular weight is 276 g/mol. The Morgan fingerprint density at radius 2 is 2.06 bits per heavy atom. The molecular formula is C11H14ClNO3S. The molecule has 0 saturated carbocycles. The van der Waals surface area contributed by atoms with E-state index in [1.165, 1.54) is 30.1 Å². The maximum atomic E-state index is 11.9. The lowest BCUT2D eigenvalue weighted by Crippen LogP contribution is -2.42. The van der Waals surface area contributed by atoms with E-state index in [1.807, 2.05) is 6.07 Å². The van der Waals surface area contributed by atoms with Gasteiger partial charge in [-0.05, 0) is 26.0 Å². The molecule has 0 fully saturated rings. The van der Waals surface area contributed by atoms with Gasteiger partial charge in [-0.2, -0.15) is 0 Å². The van der Waals surface area contributed by atoms with Crippen LogP contribution in [0.15, 0.2) is 12.1 Å². The summed E-state index contributed by atoms with van der Waals surface area (Å²) < 4.78 is 0.651. The van der Waals surface area contributed by atoms with Gasteiger partial charge in [0, 0.05) is 11.9 Å². The van der Waals surface area contributed by atoms with E-state index in [0.29, 0.717) is 10.9 Å². The summed E-state index contributed by atoms with van der Waals surface area (Å²) in [6.07, 6.45) is 0. The van der Waals surface area contributed by atoms with E-state index in [4.69, 9.17) is 16.7 Å². The highest BCUT2D eigenvalue weighted by atomic mass is 35.5. The van der Waals surface area contributed by atoms with Crippen molar-refractivity contribution in [3.8, 4) is 0 Å². The molecule has 0 bridgehead atoms. The summed E-state index contributed by atoms with van der Waals surface area (Å²) in [5.41, 5.74) is -1.41. The Morgan fingerprint density at radius 1 is 1.47 bits per heavy atom. The number of aliphatic carboxylic acids is 1. The van der Waals surface area contributed by atoms with E-state index in [2.05, 4.69) is 0 Å². The molecule has 4 nitrogen and oxygen atoms in total. The van der Waals surface area contributed by atoms with Crippen LogP contribution in [0.3, 0.4) is 0 Å². The third-order valence-electron chi connectivity index (χ3n) is 2.44. The first-order valence-corrected chi connectivity index (χ1v) is 6.17. The predicted octanol–water partition coefficient (Wildman–Crippen LogP) is 2.47. The molecule has 0 saturated heterocycles. The fourth-order valence-electron chi connectivity index (χ4n) is 1.31. The highest BCUT2D eigenvalue weighted by Crippen LogP contribution is 2.24. The first kappa shape index (κ1) is 14.0. The Bertz CT molecular complexity index is 442. The van der Waals surface area contributed by atoms with Gasteiger partial charge in [0.25, 0.3) is 0 Å². The highest BCUT2D eigenvalue weighted by Gasteiger charge is 2.38. The number of nitrogens with zero attached hydrogens (tertiary/aromatic N) is 1. The van der Waals surface area contributed by atoms with Crippen LogP contribution in [0.2, 0.25) is 4.34 Å². The number of carbonyl (C=O) groups excluding carboxylic acids is 1. The second kappa shape index (κ2) is 5.06. The van der Waals surface area contributed by atoms with E-state index < -0.39 is 17.3 Å². The maximum absolute atomic E-state index is 11.9. The number of rotatable bonds is 4. The summed E-state index contributed by atoms with van der Waals surface area (Å²) in [7, 11) is 1.58. The molecule has 1 aromatic rings. The minimum atomic E-state index is -1.41. The van der Waals surface area contributed by atoms with Gasteiger partial charge in [-0.1, -0.05) is 11.6 Å². The van der Waals surface area contributed by atoms with E-state index >= 15 is 0 Å². The van der Waals surface area contributed by atoms with Gasteiger partial charge in [0.1, 0.15) is 5.41 Å². The molecule has 0 aliphatic heterocycles. The zero-order valence-corrected chi connectivity index (χ0v) is 11.4. The molecule has 0 unspecified atom stereocenters. The highest BCUT2D eigenvalue weighted by molar-refractivity contribution is 7.16. The van der Waals surface area contributed by atoms with Gasteiger partial charge in [0.2, 0.25) is 5.91 Å².